The molecule has 1 aromatic carbocycles. The molecule has 1 aliphatic heterocycles. The molecule has 3 aromatic rings. The lowest BCUT2D eigenvalue weighted by Gasteiger charge is -2.35. The number of ether oxygens (including phenoxy) is 1. The number of carbonyl (C=O) groups is 1. The lowest BCUT2D eigenvalue weighted by atomic mass is 10.1. The summed E-state index contributed by atoms with van der Waals surface area (Å²) in [6, 6.07) is 8.49. The number of methoxy groups -OCH3 is 1. The second-order valence-corrected chi connectivity index (χ2v) is 15.2. The molecular weight excluding hydrogens is 593 g/mol. The number of Topliss-reactive ketones (excluding diaryl/α,β-unsaturated/α-hetero) is 1. The zero-order valence-corrected chi connectivity index (χ0v) is 28.4. The minimum Gasteiger partial charge on any atom is -0.496 e. The average molecular weight is 643 g/mol. The molecule has 0 atom stereocenters. The normalized spacial score (nSPS) is 14.8. The highest BCUT2D eigenvalue weighted by atomic mass is 33.1. The summed E-state index contributed by atoms with van der Waals surface area (Å²) < 4.78 is 7.94. The van der Waals surface area contributed by atoms with Gasteiger partial charge in [0, 0.05) is 74.5 Å². The number of piperazine rings is 1. The van der Waals surface area contributed by atoms with E-state index in [2.05, 4.69) is 68.6 Å². The minimum atomic E-state index is -0.0758. The van der Waals surface area contributed by atoms with Crippen LogP contribution in [0.25, 0.3) is 11.0 Å². The highest BCUT2D eigenvalue weighted by Crippen LogP contribution is 2.38. The molecule has 0 saturated carbocycles. The van der Waals surface area contributed by atoms with Crippen molar-refractivity contribution in [2.75, 3.05) is 69.7 Å². The van der Waals surface area contributed by atoms with E-state index >= 15 is 0 Å². The van der Waals surface area contributed by atoms with Crippen LogP contribution in [0.1, 0.15) is 57.6 Å². The van der Waals surface area contributed by atoms with Gasteiger partial charge in [-0.25, -0.2) is 4.98 Å². The van der Waals surface area contributed by atoms with Crippen LogP contribution in [0.3, 0.4) is 0 Å². The molecule has 0 bridgehead atoms. The van der Waals surface area contributed by atoms with Gasteiger partial charge in [0.05, 0.1) is 25.7 Å². The first-order chi connectivity index (χ1) is 21.2. The van der Waals surface area contributed by atoms with Crippen LogP contribution in [0.4, 0.5) is 11.8 Å². The molecule has 3 heterocycles. The molecule has 0 spiro atoms. The third kappa shape index (κ3) is 10.00. The summed E-state index contributed by atoms with van der Waals surface area (Å²) in [4.78, 5) is 26.5. The first-order valence-corrected chi connectivity index (χ1v) is 18.0. The van der Waals surface area contributed by atoms with Gasteiger partial charge in [0.2, 0.25) is 5.95 Å². The van der Waals surface area contributed by atoms with Crippen molar-refractivity contribution >= 4 is 50.2 Å². The fourth-order valence-electron chi connectivity index (χ4n) is 5.59. The van der Waals surface area contributed by atoms with Gasteiger partial charge in [-0.2, -0.15) is 4.98 Å². The van der Waals surface area contributed by atoms with Gasteiger partial charge in [0.15, 0.2) is 5.82 Å². The van der Waals surface area contributed by atoms with Crippen molar-refractivity contribution in [1.29, 1.82) is 0 Å². The zero-order chi connectivity index (χ0) is 31.5. The maximum absolute atomic E-state index is 12.8. The third-order valence-electron chi connectivity index (χ3n) is 7.77. The van der Waals surface area contributed by atoms with E-state index in [1.165, 1.54) is 18.4 Å². The number of nitrogen functional groups attached to an aromatic ring is 1. The molecule has 44 heavy (non-hydrogen) atoms. The molecule has 1 saturated heterocycles. The fourth-order valence-corrected chi connectivity index (χ4v) is 7.98. The summed E-state index contributed by atoms with van der Waals surface area (Å²) in [6.07, 6.45) is 6.04. The summed E-state index contributed by atoms with van der Waals surface area (Å²) in [7, 11) is 5.26. The largest absolute Gasteiger partial charge is 0.496 e. The van der Waals surface area contributed by atoms with Gasteiger partial charge in [-0.05, 0) is 38.0 Å². The Labute approximate surface area is 270 Å². The van der Waals surface area contributed by atoms with Crippen molar-refractivity contribution in [2.24, 2.45) is 5.73 Å². The summed E-state index contributed by atoms with van der Waals surface area (Å²) in [5.41, 5.74) is 15.7. The maximum Gasteiger partial charge on any atom is 0.222 e. The number of nitrogens with zero attached hydrogens (tertiary/aromatic N) is 5. The molecule has 0 aliphatic carbocycles. The van der Waals surface area contributed by atoms with Crippen molar-refractivity contribution in [3.8, 4) is 5.75 Å². The number of nitrogens with two attached hydrogens (primary N) is 2. The number of anilines is 2. The van der Waals surface area contributed by atoms with E-state index in [0.717, 1.165) is 79.6 Å². The van der Waals surface area contributed by atoms with Gasteiger partial charge in [-0.1, -0.05) is 53.5 Å². The Morgan fingerprint density at radius 1 is 1.09 bits per heavy atom. The average Bonchev–Trinajstić information content (AvgIpc) is 3.39. The lowest BCUT2D eigenvalue weighted by Crippen LogP contribution is -2.47. The summed E-state index contributed by atoms with van der Waals surface area (Å²) in [5.74, 6) is 3.14. The Morgan fingerprint density at radius 3 is 2.59 bits per heavy atom. The van der Waals surface area contributed by atoms with Crippen molar-refractivity contribution in [2.45, 2.75) is 64.3 Å². The quantitative estimate of drug-likeness (QED) is 0.130. The minimum absolute atomic E-state index is 0.0758. The van der Waals surface area contributed by atoms with Crippen LogP contribution < -0.4 is 21.5 Å². The molecule has 10 nitrogen and oxygen atoms in total. The Bertz CT molecular complexity index is 1360. The molecular formula is C32H50N8O2S2. The Balaban J connectivity index is 1.33. The van der Waals surface area contributed by atoms with Crippen LogP contribution in [0, 0.1) is 0 Å². The molecule has 2 aromatic heterocycles. The Kier molecular flexibility index (Phi) is 13.0. The molecule has 5 N–H and O–H groups in total. The van der Waals surface area contributed by atoms with E-state index in [9.17, 15) is 4.79 Å². The monoisotopic (exact) mass is 642 g/mol. The first-order valence-electron chi connectivity index (χ1n) is 15.7. The van der Waals surface area contributed by atoms with Gasteiger partial charge in [0.1, 0.15) is 17.0 Å². The van der Waals surface area contributed by atoms with Crippen LogP contribution in [0.2, 0.25) is 0 Å². The van der Waals surface area contributed by atoms with Crippen molar-refractivity contribution < 1.29 is 9.53 Å². The summed E-state index contributed by atoms with van der Waals surface area (Å²) in [5, 5.41) is 3.47. The smallest absolute Gasteiger partial charge is 0.222 e. The number of aromatic nitrogens is 3. The van der Waals surface area contributed by atoms with Gasteiger partial charge in [0.25, 0.3) is 0 Å². The van der Waals surface area contributed by atoms with Crippen LogP contribution >= 0.6 is 21.6 Å². The van der Waals surface area contributed by atoms with E-state index in [0.29, 0.717) is 31.8 Å². The standard InChI is InChI=1S/C32H50N8O2S2/c1-5-6-7-12-35-30-29-27(36-31(34)37-30)10-13-40(29)22-25-9-8-24(19-28(25)42-4)21-38-14-16-39(17-15-38)23-26(41)20-32(2,3)44-43-18-11-33/h8-10,13,19H,5-7,11-12,14-18,20-23,33H2,1-4H3,(H3,34,35,36,37). The van der Waals surface area contributed by atoms with E-state index in [1.807, 2.05) is 12.3 Å². The number of rotatable bonds is 18. The second-order valence-electron chi connectivity index (χ2n) is 12.1. The first kappa shape index (κ1) is 34.4. The highest BCUT2D eigenvalue weighted by Gasteiger charge is 2.26. The predicted molar refractivity (Wildman–Crippen MR) is 187 cm³/mol. The van der Waals surface area contributed by atoms with Crippen molar-refractivity contribution in [1.82, 2.24) is 24.3 Å². The SMILES string of the molecule is CCCCCNc1nc(N)nc2ccn(Cc3ccc(CN4CCN(CC(=O)CC(C)(C)SSCCN)CC4)cc3OC)c12. The van der Waals surface area contributed by atoms with Gasteiger partial charge in [-0.15, -0.1) is 0 Å². The van der Waals surface area contributed by atoms with Crippen molar-refractivity contribution in [3.05, 3.63) is 41.6 Å². The van der Waals surface area contributed by atoms with Gasteiger partial charge in [-0.3, -0.25) is 14.6 Å². The van der Waals surface area contributed by atoms with Crippen LogP contribution in [-0.2, 0) is 17.9 Å². The van der Waals surface area contributed by atoms with Crippen LogP contribution in [0.5, 0.6) is 5.75 Å². The molecule has 0 amide bonds. The summed E-state index contributed by atoms with van der Waals surface area (Å²) >= 11 is 0. The predicted octanol–water partition coefficient (Wildman–Crippen LogP) is 4.87. The van der Waals surface area contributed by atoms with Crippen LogP contribution in [0.15, 0.2) is 30.5 Å². The summed E-state index contributed by atoms with van der Waals surface area (Å²) in [6.45, 7) is 13.7. The lowest BCUT2D eigenvalue weighted by molar-refractivity contribution is -0.121. The number of hydrogen-bond acceptors (Lipinski definition) is 11. The third-order valence-corrected chi connectivity index (χ3v) is 11.1. The van der Waals surface area contributed by atoms with E-state index < -0.39 is 0 Å². The number of nitrogens with one attached hydrogen (secondary N) is 1. The van der Waals surface area contributed by atoms with Crippen LogP contribution in [-0.4, -0.2) is 93.5 Å². The highest BCUT2D eigenvalue weighted by molar-refractivity contribution is 8.77. The molecule has 1 fully saturated rings. The molecule has 4 rings (SSSR count). The Hall–Kier alpha value is -2.51. The molecule has 242 valence electrons. The number of hydrogen-bond donors (Lipinski definition) is 3. The second kappa shape index (κ2) is 16.7. The van der Waals surface area contributed by atoms with Crippen molar-refractivity contribution in [3.63, 3.8) is 0 Å². The number of carbonyl (C=O) groups excluding carboxylic acids is 1. The van der Waals surface area contributed by atoms with Gasteiger partial charge < -0.3 is 26.1 Å². The topological polar surface area (TPSA) is 128 Å². The van der Waals surface area contributed by atoms with E-state index in [4.69, 9.17) is 16.2 Å². The fraction of sp³-hybridized carbons (Fsp3) is 0.594. The molecule has 12 heteroatoms. The van der Waals surface area contributed by atoms with E-state index in [-0.39, 0.29) is 10.7 Å². The molecule has 0 radical (unpaired) electrons. The number of fused-ring (bicyclic) bond motifs is 1. The molecule has 1 aliphatic rings. The number of benzene rings is 1. The zero-order valence-electron chi connectivity index (χ0n) is 26.8. The maximum atomic E-state index is 12.8. The molecule has 0 unspecified atom stereocenters. The Morgan fingerprint density at radius 2 is 1.86 bits per heavy atom. The van der Waals surface area contributed by atoms with E-state index in [1.54, 1.807) is 28.7 Å². The number of unbranched alkanes of at least 4 members (excludes halogenated alkanes) is 2. The number of ketones is 1. The van der Waals surface area contributed by atoms with Gasteiger partial charge >= 0.3 is 0 Å².